The van der Waals surface area contributed by atoms with Crippen LogP contribution >= 0.6 is 0 Å². The summed E-state index contributed by atoms with van der Waals surface area (Å²) in [6, 6.07) is 13.8. The molecule has 0 aliphatic carbocycles. The maximum Gasteiger partial charge on any atom is 0.118 e. The molecule has 20 heavy (non-hydrogen) atoms. The van der Waals surface area contributed by atoms with Crippen LogP contribution in [0.25, 0.3) is 0 Å². The Bertz CT molecular complexity index is 621. The van der Waals surface area contributed by atoms with Crippen molar-refractivity contribution in [2.24, 2.45) is 0 Å². The van der Waals surface area contributed by atoms with Crippen molar-refractivity contribution in [3.63, 3.8) is 0 Å². The van der Waals surface area contributed by atoms with Crippen LogP contribution in [0.2, 0.25) is 0 Å². The highest BCUT2D eigenvalue weighted by Gasteiger charge is 2.33. The van der Waals surface area contributed by atoms with Crippen molar-refractivity contribution in [1.29, 1.82) is 0 Å². The van der Waals surface area contributed by atoms with Crippen molar-refractivity contribution in [1.82, 2.24) is 5.32 Å². The number of nitrogens with one attached hydrogen (secondary N) is 1. The van der Waals surface area contributed by atoms with Gasteiger partial charge in [-0.15, -0.1) is 0 Å². The summed E-state index contributed by atoms with van der Waals surface area (Å²) in [4.78, 5) is 0. The van der Waals surface area contributed by atoms with E-state index >= 15 is 0 Å². The lowest BCUT2D eigenvalue weighted by Crippen LogP contribution is -2.45. The van der Waals surface area contributed by atoms with Gasteiger partial charge >= 0.3 is 0 Å². The Kier molecular flexibility index (Phi) is 3.14. The van der Waals surface area contributed by atoms with Crippen LogP contribution in [-0.4, -0.2) is 18.8 Å². The minimum atomic E-state index is -0.229. The Morgan fingerprint density at radius 3 is 2.60 bits per heavy atom. The van der Waals surface area contributed by atoms with Gasteiger partial charge in [0.15, 0.2) is 0 Å². The molecule has 1 unspecified atom stereocenters. The molecule has 1 heterocycles. The summed E-state index contributed by atoms with van der Waals surface area (Å²) < 4.78 is 5.22. The third kappa shape index (κ3) is 2.04. The van der Waals surface area contributed by atoms with E-state index in [1.54, 1.807) is 13.2 Å². The molecule has 0 bridgehead atoms. The SMILES string of the molecule is COc1ccc(C2(C)NCCc3cc(O)ccc32)cc1. The lowest BCUT2D eigenvalue weighted by Gasteiger charge is -2.38. The van der Waals surface area contributed by atoms with Gasteiger partial charge in [-0.2, -0.15) is 0 Å². The number of phenolic OH excluding ortho intramolecular Hbond substituents is 1. The molecule has 0 amide bonds. The van der Waals surface area contributed by atoms with E-state index in [9.17, 15) is 5.11 Å². The van der Waals surface area contributed by atoms with E-state index in [-0.39, 0.29) is 5.54 Å². The minimum absolute atomic E-state index is 0.229. The molecule has 1 aliphatic rings. The molecule has 2 aromatic carbocycles. The Morgan fingerprint density at radius 1 is 1.15 bits per heavy atom. The van der Waals surface area contributed by atoms with Crippen molar-refractivity contribution in [2.45, 2.75) is 18.9 Å². The predicted octanol–water partition coefficient (Wildman–Crippen LogP) is 2.81. The number of phenols is 1. The largest absolute Gasteiger partial charge is 0.508 e. The second-order valence-corrected chi connectivity index (χ2v) is 5.37. The molecule has 0 fully saturated rings. The zero-order valence-electron chi connectivity index (χ0n) is 11.8. The van der Waals surface area contributed by atoms with Crippen molar-refractivity contribution >= 4 is 0 Å². The van der Waals surface area contributed by atoms with Gasteiger partial charge in [-0.3, -0.25) is 0 Å². The molecular formula is C17H19NO2. The zero-order valence-corrected chi connectivity index (χ0v) is 11.8. The van der Waals surface area contributed by atoms with Crippen molar-refractivity contribution in [3.05, 3.63) is 59.2 Å². The van der Waals surface area contributed by atoms with Gasteiger partial charge in [0.2, 0.25) is 0 Å². The fraction of sp³-hybridized carbons (Fsp3) is 0.294. The van der Waals surface area contributed by atoms with E-state index in [2.05, 4.69) is 24.4 Å². The molecule has 3 rings (SSSR count). The van der Waals surface area contributed by atoms with Gasteiger partial charge < -0.3 is 15.2 Å². The lowest BCUT2D eigenvalue weighted by molar-refractivity contribution is 0.404. The number of hydrogen-bond acceptors (Lipinski definition) is 3. The first kappa shape index (κ1) is 13.0. The van der Waals surface area contributed by atoms with Crippen LogP contribution in [0.15, 0.2) is 42.5 Å². The highest BCUT2D eigenvalue weighted by molar-refractivity contribution is 5.47. The van der Waals surface area contributed by atoms with Crippen molar-refractivity contribution in [3.8, 4) is 11.5 Å². The highest BCUT2D eigenvalue weighted by Crippen LogP contribution is 2.36. The number of methoxy groups -OCH3 is 1. The van der Waals surface area contributed by atoms with Crippen LogP contribution < -0.4 is 10.1 Å². The van der Waals surface area contributed by atoms with E-state index in [4.69, 9.17) is 4.74 Å². The van der Waals surface area contributed by atoms with Gasteiger partial charge in [0.1, 0.15) is 11.5 Å². The van der Waals surface area contributed by atoms with Gasteiger partial charge in [0, 0.05) is 6.54 Å². The van der Waals surface area contributed by atoms with E-state index in [0.717, 1.165) is 18.7 Å². The topological polar surface area (TPSA) is 41.5 Å². The number of hydrogen-bond donors (Lipinski definition) is 2. The van der Waals surface area contributed by atoms with E-state index in [1.165, 1.54) is 16.7 Å². The van der Waals surface area contributed by atoms with Gasteiger partial charge in [-0.25, -0.2) is 0 Å². The Balaban J connectivity index is 2.08. The van der Waals surface area contributed by atoms with E-state index < -0.39 is 0 Å². The number of ether oxygens (including phenoxy) is 1. The molecule has 2 aromatic rings. The first-order valence-corrected chi connectivity index (χ1v) is 6.85. The average Bonchev–Trinajstić information content (AvgIpc) is 2.47. The molecule has 104 valence electrons. The second kappa shape index (κ2) is 4.84. The quantitative estimate of drug-likeness (QED) is 0.881. The summed E-state index contributed by atoms with van der Waals surface area (Å²) in [7, 11) is 1.67. The third-order valence-corrected chi connectivity index (χ3v) is 4.17. The van der Waals surface area contributed by atoms with E-state index in [1.807, 2.05) is 24.3 Å². The van der Waals surface area contributed by atoms with Gasteiger partial charge in [0.05, 0.1) is 12.6 Å². The summed E-state index contributed by atoms with van der Waals surface area (Å²) in [5, 5.41) is 13.3. The molecule has 1 atom stereocenters. The summed E-state index contributed by atoms with van der Waals surface area (Å²) in [6.07, 6.45) is 0.940. The Morgan fingerprint density at radius 2 is 1.90 bits per heavy atom. The summed E-state index contributed by atoms with van der Waals surface area (Å²) >= 11 is 0. The standard InChI is InChI=1S/C17H19NO2/c1-17(13-3-6-15(20-2)7-4-13)16-8-5-14(19)11-12(16)9-10-18-17/h3-8,11,18-19H,9-10H2,1-2H3. The molecule has 0 radical (unpaired) electrons. The predicted molar refractivity (Wildman–Crippen MR) is 79.3 cm³/mol. The number of rotatable bonds is 2. The normalized spacial score (nSPS) is 21.3. The van der Waals surface area contributed by atoms with Crippen molar-refractivity contribution < 1.29 is 9.84 Å². The first-order chi connectivity index (χ1) is 9.63. The first-order valence-electron chi connectivity index (χ1n) is 6.85. The number of fused-ring (bicyclic) bond motifs is 1. The second-order valence-electron chi connectivity index (χ2n) is 5.37. The number of benzene rings is 2. The summed E-state index contributed by atoms with van der Waals surface area (Å²) in [5.41, 5.74) is 3.41. The molecule has 0 saturated carbocycles. The molecule has 3 heteroatoms. The Hall–Kier alpha value is -2.00. The van der Waals surface area contributed by atoms with Crippen LogP contribution in [0, 0.1) is 0 Å². The maximum absolute atomic E-state index is 9.66. The van der Waals surface area contributed by atoms with Crippen LogP contribution in [0.3, 0.4) is 0 Å². The molecule has 0 aromatic heterocycles. The molecule has 3 nitrogen and oxygen atoms in total. The Labute approximate surface area is 119 Å². The van der Waals surface area contributed by atoms with Gasteiger partial charge in [-0.1, -0.05) is 18.2 Å². The molecule has 0 saturated heterocycles. The van der Waals surface area contributed by atoms with Crippen LogP contribution in [0.1, 0.15) is 23.6 Å². The third-order valence-electron chi connectivity index (χ3n) is 4.17. The maximum atomic E-state index is 9.66. The van der Waals surface area contributed by atoms with Crippen LogP contribution in [-0.2, 0) is 12.0 Å². The van der Waals surface area contributed by atoms with Crippen molar-refractivity contribution in [2.75, 3.05) is 13.7 Å². The lowest BCUT2D eigenvalue weighted by atomic mass is 9.79. The highest BCUT2D eigenvalue weighted by atomic mass is 16.5. The molecule has 0 spiro atoms. The minimum Gasteiger partial charge on any atom is -0.508 e. The number of aromatic hydroxyl groups is 1. The van der Waals surface area contributed by atoms with Crippen LogP contribution in [0.5, 0.6) is 11.5 Å². The summed E-state index contributed by atoms with van der Waals surface area (Å²) in [6.45, 7) is 3.09. The monoisotopic (exact) mass is 269 g/mol. The zero-order chi connectivity index (χ0) is 14.2. The molecule has 2 N–H and O–H groups in total. The molecule has 1 aliphatic heterocycles. The fourth-order valence-electron chi connectivity index (χ4n) is 3.00. The van der Waals surface area contributed by atoms with Crippen LogP contribution in [0.4, 0.5) is 0 Å². The van der Waals surface area contributed by atoms with Gasteiger partial charge in [-0.05, 0) is 54.3 Å². The van der Waals surface area contributed by atoms with E-state index in [0.29, 0.717) is 5.75 Å². The summed E-state index contributed by atoms with van der Waals surface area (Å²) in [5.74, 6) is 1.20. The fourth-order valence-corrected chi connectivity index (χ4v) is 3.00. The average molecular weight is 269 g/mol. The smallest absolute Gasteiger partial charge is 0.118 e. The molecular weight excluding hydrogens is 250 g/mol. The van der Waals surface area contributed by atoms with Gasteiger partial charge in [0.25, 0.3) is 0 Å².